The van der Waals surface area contributed by atoms with Crippen LogP contribution in [0.15, 0.2) is 10.9 Å². The predicted molar refractivity (Wildman–Crippen MR) is 64.5 cm³/mol. The first-order valence-electron chi connectivity index (χ1n) is 5.99. The summed E-state index contributed by atoms with van der Waals surface area (Å²) in [5.41, 5.74) is 5.81. The minimum absolute atomic E-state index is 0.179. The lowest BCUT2D eigenvalue weighted by Gasteiger charge is -2.34. The largest absolute Gasteiger partial charge is 0.474 e. The highest BCUT2D eigenvalue weighted by Gasteiger charge is 2.30. The molecule has 0 atom stereocenters. The van der Waals surface area contributed by atoms with Crippen LogP contribution in [0.2, 0.25) is 0 Å². The van der Waals surface area contributed by atoms with E-state index in [0.29, 0.717) is 29.8 Å². The maximum Gasteiger partial charge on any atom is 0.349 e. The van der Waals surface area contributed by atoms with Crippen LogP contribution in [-0.2, 0) is 0 Å². The van der Waals surface area contributed by atoms with Crippen molar-refractivity contribution < 1.29 is 4.74 Å². The van der Waals surface area contributed by atoms with E-state index in [-0.39, 0.29) is 11.8 Å². The van der Waals surface area contributed by atoms with Gasteiger partial charge in [-0.05, 0) is 32.2 Å². The predicted octanol–water partition coefficient (Wildman–Crippen LogP) is -0.158. The minimum Gasteiger partial charge on any atom is -0.474 e. The molecular formula is C11H15N5O2. The first kappa shape index (κ1) is 11.2. The van der Waals surface area contributed by atoms with Crippen molar-refractivity contribution in [3.8, 4) is 5.88 Å². The Hall–Kier alpha value is -1.89. The molecule has 0 amide bonds. The maximum absolute atomic E-state index is 11.4. The van der Waals surface area contributed by atoms with Crippen molar-refractivity contribution in [1.29, 1.82) is 0 Å². The zero-order chi connectivity index (χ0) is 12.7. The molecule has 2 aromatic rings. The average molecular weight is 249 g/mol. The number of hydrogen-bond donors (Lipinski definition) is 2. The van der Waals surface area contributed by atoms with Gasteiger partial charge in [0.15, 0.2) is 5.65 Å². The molecular weight excluding hydrogens is 234 g/mol. The number of aryl methyl sites for hydroxylation is 1. The molecule has 3 N–H and O–H groups in total. The number of aromatic amines is 1. The molecule has 1 aliphatic rings. The van der Waals surface area contributed by atoms with Crippen LogP contribution in [0.1, 0.15) is 18.7 Å². The first-order chi connectivity index (χ1) is 8.67. The summed E-state index contributed by atoms with van der Waals surface area (Å²) in [6.45, 7) is 2.46. The molecule has 0 radical (unpaired) electrons. The van der Waals surface area contributed by atoms with E-state index in [1.54, 1.807) is 13.0 Å². The molecule has 3 rings (SSSR count). The monoisotopic (exact) mass is 249 g/mol. The summed E-state index contributed by atoms with van der Waals surface area (Å²) in [6.07, 6.45) is 2.12. The fraction of sp³-hybridized carbons (Fsp3) is 0.545. The van der Waals surface area contributed by atoms with Crippen LogP contribution in [0.25, 0.3) is 5.65 Å². The number of ether oxygens (including phenoxy) is 1. The molecule has 2 heterocycles. The Morgan fingerprint density at radius 2 is 2.39 bits per heavy atom. The summed E-state index contributed by atoms with van der Waals surface area (Å²) in [5.74, 6) is 1.64. The van der Waals surface area contributed by atoms with Crippen molar-refractivity contribution in [3.63, 3.8) is 0 Å². The second-order valence-corrected chi connectivity index (χ2v) is 4.68. The number of nitrogens with zero attached hydrogens (tertiary/aromatic N) is 3. The van der Waals surface area contributed by atoms with Gasteiger partial charge in [0.05, 0.1) is 0 Å². The standard InChI is InChI=1S/C11H15N5O2/c1-6-13-10(18-8-2-7(3-8)5-12)4-9-14-15-11(17)16(6)9/h4,7-8H,2-3,5,12H2,1H3,(H,15,17). The van der Waals surface area contributed by atoms with Gasteiger partial charge < -0.3 is 10.5 Å². The van der Waals surface area contributed by atoms with E-state index in [2.05, 4.69) is 15.2 Å². The summed E-state index contributed by atoms with van der Waals surface area (Å²) < 4.78 is 7.16. The molecule has 2 aromatic heterocycles. The van der Waals surface area contributed by atoms with Gasteiger partial charge in [0.1, 0.15) is 11.9 Å². The van der Waals surface area contributed by atoms with Crippen molar-refractivity contribution in [1.82, 2.24) is 19.6 Å². The summed E-state index contributed by atoms with van der Waals surface area (Å²) in [4.78, 5) is 15.7. The molecule has 0 spiro atoms. The molecule has 0 bridgehead atoms. The van der Waals surface area contributed by atoms with E-state index < -0.39 is 0 Å². The Morgan fingerprint density at radius 1 is 1.61 bits per heavy atom. The molecule has 0 saturated heterocycles. The van der Waals surface area contributed by atoms with Crippen molar-refractivity contribution >= 4 is 5.65 Å². The molecule has 1 aliphatic carbocycles. The van der Waals surface area contributed by atoms with Gasteiger partial charge in [0, 0.05) is 6.07 Å². The van der Waals surface area contributed by atoms with Crippen LogP contribution in [-0.4, -0.2) is 32.2 Å². The molecule has 96 valence electrons. The zero-order valence-corrected chi connectivity index (χ0v) is 10.1. The van der Waals surface area contributed by atoms with Gasteiger partial charge >= 0.3 is 5.69 Å². The third-order valence-electron chi connectivity index (χ3n) is 3.36. The number of hydrogen-bond acceptors (Lipinski definition) is 5. The molecule has 7 heteroatoms. The zero-order valence-electron chi connectivity index (χ0n) is 10.1. The normalized spacial score (nSPS) is 23.0. The quantitative estimate of drug-likeness (QED) is 0.787. The topological polar surface area (TPSA) is 98.3 Å². The van der Waals surface area contributed by atoms with Crippen LogP contribution >= 0.6 is 0 Å². The van der Waals surface area contributed by atoms with Gasteiger partial charge in [-0.2, -0.15) is 10.1 Å². The Balaban J connectivity index is 1.83. The van der Waals surface area contributed by atoms with Gasteiger partial charge in [0.2, 0.25) is 5.88 Å². The average Bonchev–Trinajstić information content (AvgIpc) is 2.65. The maximum atomic E-state index is 11.4. The minimum atomic E-state index is -0.284. The van der Waals surface area contributed by atoms with Crippen LogP contribution in [0.5, 0.6) is 5.88 Å². The van der Waals surface area contributed by atoms with Crippen molar-refractivity contribution in [2.24, 2.45) is 11.7 Å². The highest BCUT2D eigenvalue weighted by atomic mass is 16.5. The number of aromatic nitrogens is 4. The van der Waals surface area contributed by atoms with Crippen molar-refractivity contribution in [3.05, 3.63) is 22.4 Å². The molecule has 1 saturated carbocycles. The number of H-pyrrole nitrogens is 1. The number of rotatable bonds is 3. The second-order valence-electron chi connectivity index (χ2n) is 4.68. The summed E-state index contributed by atoms with van der Waals surface area (Å²) >= 11 is 0. The summed E-state index contributed by atoms with van der Waals surface area (Å²) in [6, 6.07) is 1.67. The Bertz CT molecular complexity index is 626. The van der Waals surface area contributed by atoms with E-state index in [0.717, 1.165) is 12.8 Å². The molecule has 0 aromatic carbocycles. The van der Waals surface area contributed by atoms with E-state index >= 15 is 0 Å². The molecule has 0 aliphatic heterocycles. The van der Waals surface area contributed by atoms with Crippen molar-refractivity contribution in [2.45, 2.75) is 25.9 Å². The molecule has 1 fully saturated rings. The number of nitrogens with one attached hydrogen (secondary N) is 1. The van der Waals surface area contributed by atoms with Crippen LogP contribution in [0.3, 0.4) is 0 Å². The lowest BCUT2D eigenvalue weighted by molar-refractivity contribution is 0.0647. The van der Waals surface area contributed by atoms with Gasteiger partial charge in [0.25, 0.3) is 0 Å². The Kier molecular flexibility index (Phi) is 2.55. The van der Waals surface area contributed by atoms with E-state index in [1.807, 2.05) is 0 Å². The third-order valence-corrected chi connectivity index (χ3v) is 3.36. The smallest absolute Gasteiger partial charge is 0.349 e. The lowest BCUT2D eigenvalue weighted by atomic mass is 9.82. The fourth-order valence-electron chi connectivity index (χ4n) is 2.27. The van der Waals surface area contributed by atoms with Gasteiger partial charge in [-0.25, -0.2) is 14.3 Å². The van der Waals surface area contributed by atoms with Crippen LogP contribution in [0, 0.1) is 12.8 Å². The number of fused-ring (bicyclic) bond motifs is 1. The fourth-order valence-corrected chi connectivity index (χ4v) is 2.27. The Morgan fingerprint density at radius 3 is 3.11 bits per heavy atom. The van der Waals surface area contributed by atoms with E-state index in [1.165, 1.54) is 4.40 Å². The summed E-state index contributed by atoms with van der Waals surface area (Å²) in [7, 11) is 0. The molecule has 7 nitrogen and oxygen atoms in total. The third kappa shape index (κ3) is 1.76. The highest BCUT2D eigenvalue weighted by Crippen LogP contribution is 2.30. The van der Waals surface area contributed by atoms with Crippen molar-refractivity contribution in [2.75, 3.05) is 6.54 Å². The lowest BCUT2D eigenvalue weighted by Crippen LogP contribution is -2.38. The summed E-state index contributed by atoms with van der Waals surface area (Å²) in [5, 5.41) is 6.29. The Labute approximate surface area is 103 Å². The van der Waals surface area contributed by atoms with Gasteiger partial charge in [-0.1, -0.05) is 0 Å². The van der Waals surface area contributed by atoms with E-state index in [9.17, 15) is 4.79 Å². The molecule has 18 heavy (non-hydrogen) atoms. The van der Waals surface area contributed by atoms with E-state index in [4.69, 9.17) is 10.5 Å². The highest BCUT2D eigenvalue weighted by molar-refractivity contribution is 5.40. The van der Waals surface area contributed by atoms with Gasteiger partial charge in [-0.15, -0.1) is 0 Å². The SMILES string of the molecule is Cc1nc(OC2CC(CN)C2)cc2n[nH]c(=O)n12. The van der Waals surface area contributed by atoms with Crippen LogP contribution in [0.4, 0.5) is 0 Å². The van der Waals surface area contributed by atoms with Crippen LogP contribution < -0.4 is 16.2 Å². The second kappa shape index (κ2) is 4.09. The number of nitrogens with two attached hydrogens (primary N) is 1. The first-order valence-corrected chi connectivity index (χ1v) is 5.99. The van der Waals surface area contributed by atoms with Gasteiger partial charge in [-0.3, -0.25) is 0 Å². The molecule has 0 unspecified atom stereocenters.